The number of carbonyl (C=O) groups excluding carboxylic acids is 1. The first-order chi connectivity index (χ1) is 16.6. The Morgan fingerprint density at radius 2 is 2.09 bits per heavy atom. The van der Waals surface area contributed by atoms with Crippen LogP contribution in [-0.2, 0) is 28.2 Å². The summed E-state index contributed by atoms with van der Waals surface area (Å²) in [6.45, 7) is 5.81. The van der Waals surface area contributed by atoms with Gasteiger partial charge in [0.2, 0.25) is 0 Å². The number of nitrogens with one attached hydrogen (secondary N) is 2. The highest BCUT2D eigenvalue weighted by Gasteiger charge is 2.15. The smallest absolute Gasteiger partial charge is 0.411 e. The summed E-state index contributed by atoms with van der Waals surface area (Å²) in [4.78, 5) is 18.7. The maximum atomic E-state index is 11.5. The molecule has 1 aliphatic rings. The van der Waals surface area contributed by atoms with Crippen molar-refractivity contribution in [1.29, 1.82) is 0 Å². The van der Waals surface area contributed by atoms with Crippen LogP contribution in [0.15, 0.2) is 40.7 Å². The van der Waals surface area contributed by atoms with Crippen molar-refractivity contribution >= 4 is 46.4 Å². The zero-order chi connectivity index (χ0) is 23.8. The molecule has 0 atom stereocenters. The van der Waals surface area contributed by atoms with Gasteiger partial charge in [0.05, 0.1) is 26.0 Å². The summed E-state index contributed by atoms with van der Waals surface area (Å²) < 4.78 is 11.2. The minimum absolute atomic E-state index is 0.492. The second-order valence-electron chi connectivity index (χ2n) is 7.58. The lowest BCUT2D eigenvalue weighted by molar-refractivity contribution is 0.122. The maximum Gasteiger partial charge on any atom is 0.411 e. The van der Waals surface area contributed by atoms with E-state index in [2.05, 4.69) is 49.5 Å². The first kappa shape index (κ1) is 24.2. The van der Waals surface area contributed by atoms with E-state index >= 15 is 0 Å². The monoisotopic (exact) mass is 500 g/mol. The molecule has 2 aromatic heterocycles. The Labute approximate surface area is 207 Å². The van der Waals surface area contributed by atoms with E-state index in [-0.39, 0.29) is 0 Å². The fourth-order valence-corrected chi connectivity index (χ4v) is 5.16. The van der Waals surface area contributed by atoms with Gasteiger partial charge < -0.3 is 19.7 Å². The Morgan fingerprint density at radius 3 is 2.85 bits per heavy atom. The molecular weight excluding hydrogens is 472 g/mol. The Bertz CT molecular complexity index is 1100. The number of anilines is 3. The van der Waals surface area contributed by atoms with Crippen LogP contribution in [0.25, 0.3) is 0 Å². The van der Waals surface area contributed by atoms with E-state index in [0.717, 1.165) is 64.8 Å². The number of hydrogen-bond acceptors (Lipinski definition) is 10. The normalized spacial score (nSPS) is 13.5. The van der Waals surface area contributed by atoms with Crippen molar-refractivity contribution in [2.45, 2.75) is 30.0 Å². The van der Waals surface area contributed by atoms with Crippen LogP contribution in [-0.4, -0.2) is 54.7 Å². The standard InChI is InChI=1S/C23H28N6O3S2/c1-3-21-27-28-23(34-21)33-15-18-12-19(29-7-9-32-10-8-29)13-20(25-18)24-14-16-5-4-6-17(11-16)26-22(30)31-2/h4-6,11-13H,3,7-10,14-15H2,1-2H3,(H,24,25)(H,26,30). The predicted octanol–water partition coefficient (Wildman–Crippen LogP) is 4.41. The number of aryl methyl sites for hydroxylation is 1. The number of methoxy groups -OCH3 is 1. The summed E-state index contributed by atoms with van der Waals surface area (Å²) >= 11 is 3.29. The fraction of sp³-hybridized carbons (Fsp3) is 0.391. The highest BCUT2D eigenvalue weighted by molar-refractivity contribution is 8.00. The van der Waals surface area contributed by atoms with Crippen molar-refractivity contribution in [3.8, 4) is 0 Å². The van der Waals surface area contributed by atoms with Crippen molar-refractivity contribution in [2.24, 2.45) is 0 Å². The average molecular weight is 501 g/mol. The summed E-state index contributed by atoms with van der Waals surface area (Å²) in [7, 11) is 1.34. The number of rotatable bonds is 9. The van der Waals surface area contributed by atoms with Crippen molar-refractivity contribution < 1.29 is 14.3 Å². The molecule has 3 aromatic rings. The molecule has 0 radical (unpaired) electrons. The van der Waals surface area contributed by atoms with Crippen molar-refractivity contribution in [3.63, 3.8) is 0 Å². The van der Waals surface area contributed by atoms with E-state index < -0.39 is 6.09 Å². The second-order valence-corrected chi connectivity index (χ2v) is 9.86. The van der Waals surface area contributed by atoms with Gasteiger partial charge in [-0.25, -0.2) is 9.78 Å². The predicted molar refractivity (Wildman–Crippen MR) is 136 cm³/mol. The molecule has 11 heteroatoms. The molecule has 2 N–H and O–H groups in total. The average Bonchev–Trinajstić information content (AvgIpc) is 3.35. The molecule has 9 nitrogen and oxygen atoms in total. The first-order valence-electron chi connectivity index (χ1n) is 11.1. The van der Waals surface area contributed by atoms with Crippen LogP contribution in [0, 0.1) is 0 Å². The molecule has 1 aromatic carbocycles. The summed E-state index contributed by atoms with van der Waals surface area (Å²) in [5.74, 6) is 1.52. The highest BCUT2D eigenvalue weighted by Crippen LogP contribution is 2.29. The number of hydrogen-bond donors (Lipinski definition) is 2. The zero-order valence-corrected chi connectivity index (χ0v) is 20.9. The zero-order valence-electron chi connectivity index (χ0n) is 19.2. The van der Waals surface area contributed by atoms with Gasteiger partial charge in [0.25, 0.3) is 0 Å². The molecule has 0 bridgehead atoms. The molecule has 0 saturated carbocycles. The minimum atomic E-state index is -0.492. The van der Waals surface area contributed by atoms with Gasteiger partial charge in [0, 0.05) is 42.8 Å². The van der Waals surface area contributed by atoms with Gasteiger partial charge in [-0.05, 0) is 30.2 Å². The van der Waals surface area contributed by atoms with Crippen LogP contribution in [0.3, 0.4) is 0 Å². The van der Waals surface area contributed by atoms with Gasteiger partial charge in [-0.2, -0.15) is 0 Å². The fourth-order valence-electron chi connectivity index (χ4n) is 3.44. The Hall–Kier alpha value is -2.89. The quantitative estimate of drug-likeness (QED) is 0.414. The molecule has 180 valence electrons. The Morgan fingerprint density at radius 1 is 1.24 bits per heavy atom. The molecule has 0 unspecified atom stereocenters. The van der Waals surface area contributed by atoms with E-state index in [0.29, 0.717) is 18.0 Å². The van der Waals surface area contributed by atoms with E-state index in [9.17, 15) is 4.79 Å². The molecule has 0 aliphatic carbocycles. The van der Waals surface area contributed by atoms with Crippen LogP contribution < -0.4 is 15.5 Å². The second kappa shape index (κ2) is 12.0. The Kier molecular flexibility index (Phi) is 8.56. The van der Waals surface area contributed by atoms with E-state index in [1.807, 2.05) is 24.3 Å². The van der Waals surface area contributed by atoms with Crippen LogP contribution in [0.5, 0.6) is 0 Å². The molecule has 1 aliphatic heterocycles. The Balaban J connectivity index is 1.48. The maximum absolute atomic E-state index is 11.5. The van der Waals surface area contributed by atoms with Crippen LogP contribution >= 0.6 is 23.1 Å². The number of pyridine rings is 1. The van der Waals surface area contributed by atoms with Crippen LogP contribution in [0.1, 0.15) is 23.2 Å². The number of aromatic nitrogens is 3. The number of nitrogens with zero attached hydrogens (tertiary/aromatic N) is 4. The van der Waals surface area contributed by atoms with Crippen molar-refractivity contribution in [3.05, 3.63) is 52.7 Å². The molecule has 1 amide bonds. The molecule has 1 saturated heterocycles. The third-order valence-electron chi connectivity index (χ3n) is 5.17. The summed E-state index contributed by atoms with van der Waals surface area (Å²) in [5, 5.41) is 15.7. The van der Waals surface area contributed by atoms with Crippen molar-refractivity contribution in [2.75, 3.05) is 48.9 Å². The molecule has 1 fully saturated rings. The van der Waals surface area contributed by atoms with E-state index in [1.165, 1.54) is 7.11 Å². The van der Waals surface area contributed by atoms with Crippen LogP contribution in [0.2, 0.25) is 0 Å². The molecule has 34 heavy (non-hydrogen) atoms. The SMILES string of the molecule is CCc1nnc(SCc2cc(N3CCOCC3)cc(NCc3cccc(NC(=O)OC)c3)n2)s1. The number of thioether (sulfide) groups is 1. The number of amides is 1. The highest BCUT2D eigenvalue weighted by atomic mass is 32.2. The van der Waals surface area contributed by atoms with Crippen LogP contribution in [0.4, 0.5) is 22.0 Å². The van der Waals surface area contributed by atoms with Gasteiger partial charge in [-0.15, -0.1) is 10.2 Å². The van der Waals surface area contributed by atoms with Gasteiger partial charge in [-0.3, -0.25) is 5.32 Å². The van der Waals surface area contributed by atoms with Gasteiger partial charge in [0.1, 0.15) is 10.8 Å². The molecule has 4 rings (SSSR count). The van der Waals surface area contributed by atoms with Gasteiger partial charge in [-0.1, -0.05) is 42.2 Å². The molecule has 0 spiro atoms. The largest absolute Gasteiger partial charge is 0.453 e. The number of morpholine rings is 1. The number of benzene rings is 1. The van der Waals surface area contributed by atoms with Crippen molar-refractivity contribution in [1.82, 2.24) is 15.2 Å². The lowest BCUT2D eigenvalue weighted by Gasteiger charge is -2.29. The summed E-state index contributed by atoms with van der Waals surface area (Å²) in [5.41, 5.74) is 3.81. The third-order valence-corrected chi connectivity index (χ3v) is 7.40. The lowest BCUT2D eigenvalue weighted by atomic mass is 10.2. The number of carbonyl (C=O) groups is 1. The third kappa shape index (κ3) is 6.81. The summed E-state index contributed by atoms with van der Waals surface area (Å²) in [6.07, 6.45) is 0.404. The van der Waals surface area contributed by atoms with E-state index in [1.54, 1.807) is 23.1 Å². The van der Waals surface area contributed by atoms with Gasteiger partial charge in [0.15, 0.2) is 4.34 Å². The first-order valence-corrected chi connectivity index (χ1v) is 12.9. The minimum Gasteiger partial charge on any atom is -0.453 e. The topological polar surface area (TPSA) is 102 Å². The number of ether oxygens (including phenoxy) is 2. The summed E-state index contributed by atoms with van der Waals surface area (Å²) in [6, 6.07) is 11.9. The molecular formula is C23H28N6O3S2. The molecule has 3 heterocycles. The lowest BCUT2D eigenvalue weighted by Crippen LogP contribution is -2.36. The van der Waals surface area contributed by atoms with Gasteiger partial charge >= 0.3 is 6.09 Å². The van der Waals surface area contributed by atoms with E-state index in [4.69, 9.17) is 9.72 Å².